The summed E-state index contributed by atoms with van der Waals surface area (Å²) in [6.07, 6.45) is 9.74. The highest BCUT2D eigenvalue weighted by Crippen LogP contribution is 2.31. The Kier molecular flexibility index (Phi) is 6.11. The number of rotatable bonds is 6. The van der Waals surface area contributed by atoms with Crippen LogP contribution >= 0.6 is 0 Å². The van der Waals surface area contributed by atoms with Crippen molar-refractivity contribution >= 4 is 0 Å². The molecule has 1 aliphatic heterocycles. The van der Waals surface area contributed by atoms with Crippen molar-refractivity contribution in [3.05, 3.63) is 0 Å². The predicted octanol–water partition coefficient (Wildman–Crippen LogP) is 2.66. The van der Waals surface area contributed by atoms with Gasteiger partial charge in [-0.1, -0.05) is 32.6 Å². The molecule has 1 atom stereocenters. The van der Waals surface area contributed by atoms with E-state index in [0.717, 1.165) is 32.3 Å². The van der Waals surface area contributed by atoms with E-state index in [4.69, 9.17) is 4.74 Å². The topological polar surface area (TPSA) is 24.5 Å². The maximum Gasteiger partial charge on any atom is 0.0547 e. The molecule has 3 heteroatoms. The molecule has 1 aliphatic carbocycles. The number of hydrogen-bond donors (Lipinski definition) is 1. The van der Waals surface area contributed by atoms with Gasteiger partial charge in [-0.15, -0.1) is 0 Å². The lowest BCUT2D eigenvalue weighted by molar-refractivity contribution is 0.0964. The molecule has 19 heavy (non-hydrogen) atoms. The first-order chi connectivity index (χ1) is 9.26. The van der Waals surface area contributed by atoms with Crippen molar-refractivity contribution in [3.63, 3.8) is 0 Å². The molecule has 1 saturated heterocycles. The third kappa shape index (κ3) is 4.44. The highest BCUT2D eigenvalue weighted by atomic mass is 16.5. The van der Waals surface area contributed by atoms with Crippen molar-refractivity contribution in [2.24, 2.45) is 5.41 Å². The lowest BCUT2D eigenvalue weighted by Crippen LogP contribution is -2.46. The molecule has 0 bridgehead atoms. The van der Waals surface area contributed by atoms with Gasteiger partial charge in [0, 0.05) is 31.2 Å². The molecule has 1 N–H and O–H groups in total. The normalized spacial score (nSPS) is 29.8. The first-order valence-corrected chi connectivity index (χ1v) is 8.24. The summed E-state index contributed by atoms with van der Waals surface area (Å²) in [4.78, 5) is 2.64. The molecule has 0 radical (unpaired) electrons. The maximum absolute atomic E-state index is 5.70. The Labute approximate surface area is 119 Å². The molecule has 1 unspecified atom stereocenters. The first kappa shape index (κ1) is 15.3. The summed E-state index contributed by atoms with van der Waals surface area (Å²) in [5.74, 6) is 0. The predicted molar refractivity (Wildman–Crippen MR) is 80.5 cm³/mol. The van der Waals surface area contributed by atoms with E-state index in [-0.39, 0.29) is 0 Å². The summed E-state index contributed by atoms with van der Waals surface area (Å²) in [7, 11) is 2.34. The largest absolute Gasteiger partial charge is 0.381 e. The lowest BCUT2D eigenvalue weighted by atomic mass is 9.85. The summed E-state index contributed by atoms with van der Waals surface area (Å²) in [5.41, 5.74) is 0.358. The first-order valence-electron chi connectivity index (χ1n) is 8.24. The summed E-state index contributed by atoms with van der Waals surface area (Å²) in [5, 5.41) is 3.54. The molecule has 3 nitrogen and oxygen atoms in total. The molecule has 2 rings (SSSR count). The molecular formula is C16H32N2O. The highest BCUT2D eigenvalue weighted by molar-refractivity contribution is 4.89. The number of ether oxygens (including phenoxy) is 1. The second-order valence-electron chi connectivity index (χ2n) is 6.64. The molecule has 1 saturated carbocycles. The van der Waals surface area contributed by atoms with Gasteiger partial charge in [-0.05, 0) is 32.9 Å². The molecule has 1 heterocycles. The molecule has 2 aliphatic rings. The van der Waals surface area contributed by atoms with E-state index in [1.807, 2.05) is 0 Å². The summed E-state index contributed by atoms with van der Waals surface area (Å²) >= 11 is 0. The quantitative estimate of drug-likeness (QED) is 0.750. The smallest absolute Gasteiger partial charge is 0.0547 e. The molecule has 0 amide bonds. The van der Waals surface area contributed by atoms with Gasteiger partial charge in [-0.2, -0.15) is 0 Å². The van der Waals surface area contributed by atoms with E-state index >= 15 is 0 Å². The van der Waals surface area contributed by atoms with Crippen LogP contribution in [0.2, 0.25) is 0 Å². The minimum atomic E-state index is 0.358. The SMILES string of the molecule is CCNCC1(CN(C)C2CCCCCC2)CCOC1. The van der Waals surface area contributed by atoms with Crippen LogP contribution in [0.15, 0.2) is 0 Å². The Morgan fingerprint density at radius 1 is 1.21 bits per heavy atom. The molecule has 2 fully saturated rings. The standard InChI is InChI=1S/C16H32N2O/c1-3-17-12-16(10-11-19-14-16)13-18(2)15-8-6-4-5-7-9-15/h15,17H,3-14H2,1-2H3. The Hall–Kier alpha value is -0.120. The minimum absolute atomic E-state index is 0.358. The Bertz CT molecular complexity index is 243. The summed E-state index contributed by atoms with van der Waals surface area (Å²) in [6, 6.07) is 0.807. The monoisotopic (exact) mass is 268 g/mol. The van der Waals surface area contributed by atoms with Crippen LogP contribution in [0.5, 0.6) is 0 Å². The van der Waals surface area contributed by atoms with Crippen molar-refractivity contribution in [2.45, 2.75) is 57.9 Å². The minimum Gasteiger partial charge on any atom is -0.381 e. The molecule has 0 aromatic rings. The fourth-order valence-electron chi connectivity index (χ4n) is 3.72. The van der Waals surface area contributed by atoms with Crippen LogP contribution in [0.1, 0.15) is 51.9 Å². The molecule has 0 spiro atoms. The van der Waals surface area contributed by atoms with Gasteiger partial charge < -0.3 is 15.0 Å². The second kappa shape index (κ2) is 7.61. The number of nitrogens with one attached hydrogen (secondary N) is 1. The van der Waals surface area contributed by atoms with E-state index in [9.17, 15) is 0 Å². The summed E-state index contributed by atoms with van der Waals surface area (Å²) in [6.45, 7) is 7.46. The average molecular weight is 268 g/mol. The Balaban J connectivity index is 1.88. The Morgan fingerprint density at radius 3 is 2.53 bits per heavy atom. The Morgan fingerprint density at radius 2 is 1.95 bits per heavy atom. The zero-order valence-corrected chi connectivity index (χ0v) is 12.9. The van der Waals surface area contributed by atoms with Crippen LogP contribution in [0, 0.1) is 5.41 Å². The lowest BCUT2D eigenvalue weighted by Gasteiger charge is -2.36. The van der Waals surface area contributed by atoms with E-state index in [2.05, 4.69) is 24.2 Å². The molecule has 112 valence electrons. The molecule has 0 aromatic carbocycles. The van der Waals surface area contributed by atoms with Crippen molar-refractivity contribution in [3.8, 4) is 0 Å². The van der Waals surface area contributed by atoms with Gasteiger partial charge in [0.2, 0.25) is 0 Å². The van der Waals surface area contributed by atoms with Crippen LogP contribution in [0.4, 0.5) is 0 Å². The van der Waals surface area contributed by atoms with E-state index in [1.165, 1.54) is 51.5 Å². The van der Waals surface area contributed by atoms with E-state index in [0.29, 0.717) is 5.41 Å². The van der Waals surface area contributed by atoms with Gasteiger partial charge in [-0.3, -0.25) is 0 Å². The van der Waals surface area contributed by atoms with E-state index in [1.54, 1.807) is 0 Å². The zero-order valence-electron chi connectivity index (χ0n) is 12.9. The third-order valence-electron chi connectivity index (χ3n) is 4.97. The van der Waals surface area contributed by atoms with Gasteiger partial charge in [0.15, 0.2) is 0 Å². The van der Waals surface area contributed by atoms with Crippen molar-refractivity contribution < 1.29 is 4.74 Å². The van der Waals surface area contributed by atoms with Gasteiger partial charge in [0.1, 0.15) is 0 Å². The van der Waals surface area contributed by atoms with Crippen molar-refractivity contribution in [1.29, 1.82) is 0 Å². The third-order valence-corrected chi connectivity index (χ3v) is 4.97. The van der Waals surface area contributed by atoms with Crippen molar-refractivity contribution in [2.75, 3.05) is 39.9 Å². The van der Waals surface area contributed by atoms with Crippen LogP contribution in [0.25, 0.3) is 0 Å². The van der Waals surface area contributed by atoms with Crippen LogP contribution in [-0.4, -0.2) is 50.8 Å². The highest BCUT2D eigenvalue weighted by Gasteiger charge is 2.36. The fraction of sp³-hybridized carbons (Fsp3) is 1.00. The number of hydrogen-bond acceptors (Lipinski definition) is 3. The van der Waals surface area contributed by atoms with Gasteiger partial charge >= 0.3 is 0 Å². The van der Waals surface area contributed by atoms with Crippen LogP contribution < -0.4 is 5.32 Å². The average Bonchev–Trinajstić information content (AvgIpc) is 2.70. The van der Waals surface area contributed by atoms with Crippen LogP contribution in [0.3, 0.4) is 0 Å². The fourth-order valence-corrected chi connectivity index (χ4v) is 3.72. The zero-order chi connectivity index (χ0) is 13.6. The van der Waals surface area contributed by atoms with E-state index < -0.39 is 0 Å². The van der Waals surface area contributed by atoms with Crippen LogP contribution in [-0.2, 0) is 4.74 Å². The van der Waals surface area contributed by atoms with Gasteiger partial charge in [0.25, 0.3) is 0 Å². The molecule has 0 aromatic heterocycles. The van der Waals surface area contributed by atoms with Gasteiger partial charge in [-0.25, -0.2) is 0 Å². The molecular weight excluding hydrogens is 236 g/mol. The number of nitrogens with zero attached hydrogens (tertiary/aromatic N) is 1. The summed E-state index contributed by atoms with van der Waals surface area (Å²) < 4.78 is 5.70. The van der Waals surface area contributed by atoms with Crippen molar-refractivity contribution in [1.82, 2.24) is 10.2 Å². The maximum atomic E-state index is 5.70. The second-order valence-corrected chi connectivity index (χ2v) is 6.64. The van der Waals surface area contributed by atoms with Gasteiger partial charge in [0.05, 0.1) is 6.61 Å².